The lowest BCUT2D eigenvalue weighted by atomic mass is 9.99. The quantitative estimate of drug-likeness (QED) is 0.717. The van der Waals surface area contributed by atoms with Gasteiger partial charge in [0.1, 0.15) is 0 Å². The summed E-state index contributed by atoms with van der Waals surface area (Å²) in [5.41, 5.74) is 15.1. The van der Waals surface area contributed by atoms with Crippen LogP contribution >= 0.6 is 0 Å². The molecule has 0 saturated carbocycles. The summed E-state index contributed by atoms with van der Waals surface area (Å²) in [7, 11) is 0. The van der Waals surface area contributed by atoms with Gasteiger partial charge in [-0.25, -0.2) is 0 Å². The Morgan fingerprint density at radius 1 is 1.29 bits per heavy atom. The Morgan fingerprint density at radius 2 is 1.86 bits per heavy atom. The van der Waals surface area contributed by atoms with Crippen molar-refractivity contribution in [3.8, 4) is 0 Å². The van der Waals surface area contributed by atoms with Crippen LogP contribution in [0.1, 0.15) is 31.7 Å². The number of anilines is 2. The minimum Gasteiger partial charge on any atom is -0.398 e. The molecule has 0 unspecified atom stereocenters. The molecule has 14 heavy (non-hydrogen) atoms. The maximum Gasteiger partial charge on any atom is 0.0411 e. The number of allylic oxidation sites excluding steroid dienone is 1. The Labute approximate surface area is 85.6 Å². The fourth-order valence-electron chi connectivity index (χ4n) is 1.51. The van der Waals surface area contributed by atoms with Crippen molar-refractivity contribution in [3.05, 3.63) is 30.3 Å². The summed E-state index contributed by atoms with van der Waals surface area (Å²) in [4.78, 5) is 0. The summed E-state index contributed by atoms with van der Waals surface area (Å²) >= 11 is 0. The Morgan fingerprint density at radius 3 is 2.36 bits per heavy atom. The molecule has 2 heteroatoms. The van der Waals surface area contributed by atoms with Crippen molar-refractivity contribution < 1.29 is 0 Å². The van der Waals surface area contributed by atoms with E-state index in [0.717, 1.165) is 41.8 Å². The molecule has 1 rings (SSSR count). The number of hydrogen-bond acceptors (Lipinski definition) is 2. The average Bonchev–Trinajstić information content (AvgIpc) is 2.14. The summed E-state index contributed by atoms with van der Waals surface area (Å²) in [6, 6.07) is 5.59. The van der Waals surface area contributed by atoms with E-state index in [-0.39, 0.29) is 0 Å². The molecule has 2 nitrogen and oxygen atoms in total. The molecule has 0 aliphatic rings. The highest BCUT2D eigenvalue weighted by molar-refractivity contribution is 5.82. The minimum absolute atomic E-state index is 0.728. The van der Waals surface area contributed by atoms with E-state index in [1.54, 1.807) is 0 Å². The van der Waals surface area contributed by atoms with Crippen molar-refractivity contribution in [2.24, 2.45) is 0 Å². The van der Waals surface area contributed by atoms with Crippen molar-refractivity contribution in [1.82, 2.24) is 0 Å². The van der Waals surface area contributed by atoms with Crippen LogP contribution in [-0.4, -0.2) is 0 Å². The average molecular weight is 190 g/mol. The van der Waals surface area contributed by atoms with E-state index in [1.165, 1.54) is 0 Å². The Bertz CT molecular complexity index is 309. The van der Waals surface area contributed by atoms with Gasteiger partial charge in [0.2, 0.25) is 0 Å². The van der Waals surface area contributed by atoms with Gasteiger partial charge in [0.05, 0.1) is 0 Å². The smallest absolute Gasteiger partial charge is 0.0411 e. The maximum atomic E-state index is 5.85. The molecule has 0 spiro atoms. The molecule has 0 saturated heterocycles. The van der Waals surface area contributed by atoms with Gasteiger partial charge in [0.25, 0.3) is 0 Å². The number of nitrogens with two attached hydrogens (primary N) is 2. The molecular weight excluding hydrogens is 172 g/mol. The number of benzene rings is 1. The molecule has 0 aliphatic carbocycles. The highest BCUT2D eigenvalue weighted by Crippen LogP contribution is 2.29. The van der Waals surface area contributed by atoms with Crippen molar-refractivity contribution in [3.63, 3.8) is 0 Å². The first-order valence-electron chi connectivity index (χ1n) is 4.99. The lowest BCUT2D eigenvalue weighted by molar-refractivity contribution is 0.825. The zero-order chi connectivity index (χ0) is 10.6. The molecule has 0 fully saturated rings. The van der Waals surface area contributed by atoms with Gasteiger partial charge in [-0.05, 0) is 30.5 Å². The highest BCUT2D eigenvalue weighted by Gasteiger charge is 2.06. The summed E-state index contributed by atoms with van der Waals surface area (Å²) < 4.78 is 0. The van der Waals surface area contributed by atoms with Crippen LogP contribution in [-0.2, 0) is 0 Å². The Hall–Kier alpha value is -1.44. The predicted octanol–water partition coefficient (Wildman–Crippen LogP) is 3.05. The fourth-order valence-corrected chi connectivity index (χ4v) is 1.51. The van der Waals surface area contributed by atoms with Crippen LogP contribution in [0.15, 0.2) is 24.8 Å². The summed E-state index contributed by atoms with van der Waals surface area (Å²) in [5, 5.41) is 0. The largest absolute Gasteiger partial charge is 0.398 e. The molecule has 76 valence electrons. The second-order valence-electron chi connectivity index (χ2n) is 3.52. The number of unbranched alkanes of at least 4 members (excludes halogenated alkanes) is 1. The second kappa shape index (κ2) is 4.70. The van der Waals surface area contributed by atoms with Gasteiger partial charge in [0, 0.05) is 16.9 Å². The van der Waals surface area contributed by atoms with E-state index in [1.807, 2.05) is 18.2 Å². The Kier molecular flexibility index (Phi) is 3.57. The van der Waals surface area contributed by atoms with Crippen molar-refractivity contribution in [2.45, 2.75) is 26.2 Å². The summed E-state index contributed by atoms with van der Waals surface area (Å²) in [6.45, 7) is 6.18. The van der Waals surface area contributed by atoms with E-state index in [2.05, 4.69) is 13.5 Å². The molecule has 0 aromatic heterocycles. The molecule has 0 aliphatic heterocycles. The standard InChI is InChI=1S/C12H18N2/c1-3-4-6-9(2)12-10(13)7-5-8-11(12)14/h5,7-8H,2-4,6,13-14H2,1H3. The molecule has 0 amide bonds. The monoisotopic (exact) mass is 190 g/mol. The van der Waals surface area contributed by atoms with Gasteiger partial charge in [-0.3, -0.25) is 0 Å². The van der Waals surface area contributed by atoms with Gasteiger partial charge in [0.15, 0.2) is 0 Å². The minimum atomic E-state index is 0.728. The topological polar surface area (TPSA) is 52.0 Å². The van der Waals surface area contributed by atoms with Crippen LogP contribution in [0.2, 0.25) is 0 Å². The predicted molar refractivity (Wildman–Crippen MR) is 63.8 cm³/mol. The molecule has 1 aromatic rings. The molecule has 0 heterocycles. The first kappa shape index (κ1) is 10.6. The molecule has 4 N–H and O–H groups in total. The lowest BCUT2D eigenvalue weighted by Crippen LogP contribution is -1.99. The molecule has 0 bridgehead atoms. The van der Waals surface area contributed by atoms with Crippen LogP contribution in [0.25, 0.3) is 5.57 Å². The SMILES string of the molecule is C=C(CCCC)c1c(N)cccc1N. The van der Waals surface area contributed by atoms with E-state index >= 15 is 0 Å². The van der Waals surface area contributed by atoms with Crippen LogP contribution in [0.5, 0.6) is 0 Å². The highest BCUT2D eigenvalue weighted by atomic mass is 14.6. The van der Waals surface area contributed by atoms with Crippen LogP contribution in [0, 0.1) is 0 Å². The number of hydrogen-bond donors (Lipinski definition) is 2. The van der Waals surface area contributed by atoms with Gasteiger partial charge < -0.3 is 11.5 Å². The third-order valence-electron chi connectivity index (χ3n) is 2.31. The Balaban J connectivity index is 2.89. The van der Waals surface area contributed by atoms with Crippen LogP contribution in [0.3, 0.4) is 0 Å². The first-order valence-corrected chi connectivity index (χ1v) is 4.99. The number of nitrogen functional groups attached to an aromatic ring is 2. The molecule has 1 aromatic carbocycles. The molecule has 0 atom stereocenters. The summed E-state index contributed by atoms with van der Waals surface area (Å²) in [6.07, 6.45) is 3.26. The van der Waals surface area contributed by atoms with Crippen LogP contribution in [0.4, 0.5) is 11.4 Å². The van der Waals surface area contributed by atoms with Gasteiger partial charge in [-0.2, -0.15) is 0 Å². The number of rotatable bonds is 4. The third kappa shape index (κ3) is 2.28. The normalized spacial score (nSPS) is 10.1. The van der Waals surface area contributed by atoms with Crippen molar-refractivity contribution in [2.75, 3.05) is 11.5 Å². The lowest BCUT2D eigenvalue weighted by Gasteiger charge is -2.11. The van der Waals surface area contributed by atoms with E-state index in [0.29, 0.717) is 0 Å². The van der Waals surface area contributed by atoms with Crippen molar-refractivity contribution in [1.29, 1.82) is 0 Å². The van der Waals surface area contributed by atoms with E-state index in [9.17, 15) is 0 Å². The molecular formula is C12H18N2. The van der Waals surface area contributed by atoms with Crippen molar-refractivity contribution >= 4 is 16.9 Å². The van der Waals surface area contributed by atoms with Gasteiger partial charge in [-0.1, -0.05) is 26.0 Å². The first-order chi connectivity index (χ1) is 6.66. The van der Waals surface area contributed by atoms with Gasteiger partial charge in [-0.15, -0.1) is 0 Å². The molecule has 0 radical (unpaired) electrons. The third-order valence-corrected chi connectivity index (χ3v) is 2.31. The maximum absolute atomic E-state index is 5.85. The second-order valence-corrected chi connectivity index (χ2v) is 3.52. The fraction of sp³-hybridized carbons (Fsp3) is 0.333. The van der Waals surface area contributed by atoms with E-state index < -0.39 is 0 Å². The van der Waals surface area contributed by atoms with E-state index in [4.69, 9.17) is 11.5 Å². The summed E-state index contributed by atoms with van der Waals surface area (Å²) in [5.74, 6) is 0. The zero-order valence-electron chi connectivity index (χ0n) is 8.72. The zero-order valence-corrected chi connectivity index (χ0v) is 8.72. The van der Waals surface area contributed by atoms with Crippen LogP contribution < -0.4 is 11.5 Å². The van der Waals surface area contributed by atoms with Gasteiger partial charge >= 0.3 is 0 Å².